The molecule has 0 bridgehead atoms. The number of carbonyl (C=O) groups excluding carboxylic acids is 2. The highest BCUT2D eigenvalue weighted by Gasteiger charge is 2.42. The first-order valence-corrected chi connectivity index (χ1v) is 10.7. The van der Waals surface area contributed by atoms with E-state index in [-0.39, 0.29) is 30.4 Å². The molecule has 0 radical (unpaired) electrons. The zero-order valence-electron chi connectivity index (χ0n) is 19.4. The van der Waals surface area contributed by atoms with Gasteiger partial charge in [-0.25, -0.2) is 0 Å². The Hall–Kier alpha value is -3.06. The fourth-order valence-corrected chi connectivity index (χ4v) is 3.68. The van der Waals surface area contributed by atoms with Crippen LogP contribution in [0.4, 0.5) is 0 Å². The van der Waals surface area contributed by atoms with Gasteiger partial charge < -0.3 is 24.4 Å². The van der Waals surface area contributed by atoms with Gasteiger partial charge in [-0.15, -0.1) is 0 Å². The Morgan fingerprint density at radius 3 is 2.47 bits per heavy atom. The average Bonchev–Trinajstić information content (AvgIpc) is 2.78. The van der Waals surface area contributed by atoms with Gasteiger partial charge in [0.2, 0.25) is 5.91 Å². The van der Waals surface area contributed by atoms with Crippen molar-refractivity contribution >= 4 is 11.8 Å². The largest absolute Gasteiger partial charge is 0.497 e. The Morgan fingerprint density at radius 1 is 1.12 bits per heavy atom. The van der Waals surface area contributed by atoms with Gasteiger partial charge in [0.1, 0.15) is 18.1 Å². The number of hydrogen-bond donors (Lipinski definition) is 1. The van der Waals surface area contributed by atoms with E-state index in [4.69, 9.17) is 14.2 Å². The molecule has 2 amide bonds. The number of benzene rings is 2. The second-order valence-corrected chi connectivity index (χ2v) is 9.07. The van der Waals surface area contributed by atoms with E-state index >= 15 is 0 Å². The van der Waals surface area contributed by atoms with Crippen molar-refractivity contribution in [2.75, 3.05) is 27.4 Å². The van der Waals surface area contributed by atoms with Gasteiger partial charge in [0.05, 0.1) is 26.8 Å². The Bertz CT molecular complexity index is 939. The molecule has 1 N–H and O–H groups in total. The van der Waals surface area contributed by atoms with Crippen molar-refractivity contribution in [3.63, 3.8) is 0 Å². The summed E-state index contributed by atoms with van der Waals surface area (Å²) >= 11 is 0. The highest BCUT2D eigenvalue weighted by atomic mass is 16.5. The SMILES string of the molecule is COc1ccc(CN2C(=O)CO[C@@H](C(=O)NCC(C)(C)C)[C@@H]2c2ccccc2)c(OC)c1. The minimum Gasteiger partial charge on any atom is -0.497 e. The fourth-order valence-electron chi connectivity index (χ4n) is 3.68. The lowest BCUT2D eigenvalue weighted by molar-refractivity contribution is -0.165. The molecular formula is C25H32N2O5. The Kier molecular flexibility index (Phi) is 7.40. The van der Waals surface area contributed by atoms with Crippen LogP contribution in [-0.4, -0.2) is 50.2 Å². The average molecular weight is 441 g/mol. The highest BCUT2D eigenvalue weighted by Crippen LogP contribution is 2.34. The summed E-state index contributed by atoms with van der Waals surface area (Å²) in [5.41, 5.74) is 1.58. The summed E-state index contributed by atoms with van der Waals surface area (Å²) in [7, 11) is 3.17. The van der Waals surface area contributed by atoms with E-state index < -0.39 is 12.1 Å². The molecule has 3 rings (SSSR count). The van der Waals surface area contributed by atoms with E-state index in [0.717, 1.165) is 11.1 Å². The van der Waals surface area contributed by atoms with Gasteiger partial charge in [0.25, 0.3) is 5.91 Å². The Morgan fingerprint density at radius 2 is 1.84 bits per heavy atom. The van der Waals surface area contributed by atoms with Gasteiger partial charge in [0, 0.05) is 18.2 Å². The number of carbonyl (C=O) groups is 2. The standard InChI is InChI=1S/C25H32N2O5/c1-25(2,3)16-26-24(29)23-22(17-9-7-6-8-10-17)27(21(28)15-32-23)14-18-11-12-19(30-4)13-20(18)31-5/h6-13,22-23H,14-16H2,1-5H3,(H,26,29)/t22-,23+/m0/s1. The summed E-state index contributed by atoms with van der Waals surface area (Å²) in [5, 5.41) is 2.99. The lowest BCUT2D eigenvalue weighted by Gasteiger charge is -2.41. The molecular weight excluding hydrogens is 408 g/mol. The molecule has 0 saturated carbocycles. The lowest BCUT2D eigenvalue weighted by Crippen LogP contribution is -2.54. The van der Waals surface area contributed by atoms with Crippen LogP contribution < -0.4 is 14.8 Å². The van der Waals surface area contributed by atoms with Crippen LogP contribution in [0.1, 0.15) is 37.9 Å². The predicted octanol–water partition coefficient (Wildman–Crippen LogP) is 3.33. The van der Waals surface area contributed by atoms with Crippen LogP contribution in [0.25, 0.3) is 0 Å². The molecule has 7 heteroatoms. The minimum atomic E-state index is -0.818. The van der Waals surface area contributed by atoms with Crippen molar-refractivity contribution in [3.8, 4) is 11.5 Å². The van der Waals surface area contributed by atoms with E-state index in [0.29, 0.717) is 18.0 Å². The molecule has 1 aliphatic rings. The topological polar surface area (TPSA) is 77.1 Å². The van der Waals surface area contributed by atoms with Crippen LogP contribution in [0.5, 0.6) is 11.5 Å². The maximum absolute atomic E-state index is 13.1. The van der Waals surface area contributed by atoms with Gasteiger partial charge in [-0.05, 0) is 23.1 Å². The molecule has 172 valence electrons. The number of nitrogens with one attached hydrogen (secondary N) is 1. The molecule has 1 fully saturated rings. The number of rotatable bonds is 7. The zero-order valence-corrected chi connectivity index (χ0v) is 19.4. The van der Waals surface area contributed by atoms with Crippen molar-refractivity contribution in [3.05, 3.63) is 59.7 Å². The number of ether oxygens (including phenoxy) is 3. The molecule has 32 heavy (non-hydrogen) atoms. The number of methoxy groups -OCH3 is 2. The van der Waals surface area contributed by atoms with E-state index in [1.54, 1.807) is 25.2 Å². The quantitative estimate of drug-likeness (QED) is 0.715. The maximum atomic E-state index is 13.1. The normalized spacial score (nSPS) is 18.9. The van der Waals surface area contributed by atoms with Crippen LogP contribution in [0.2, 0.25) is 0 Å². The van der Waals surface area contributed by atoms with Crippen LogP contribution in [0.3, 0.4) is 0 Å². The molecule has 0 unspecified atom stereocenters. The van der Waals surface area contributed by atoms with Crippen LogP contribution >= 0.6 is 0 Å². The number of amides is 2. The Balaban J connectivity index is 1.95. The van der Waals surface area contributed by atoms with Crippen molar-refractivity contribution in [1.29, 1.82) is 0 Å². The molecule has 7 nitrogen and oxygen atoms in total. The minimum absolute atomic E-state index is 0.0709. The summed E-state index contributed by atoms with van der Waals surface area (Å²) in [6, 6.07) is 14.4. The van der Waals surface area contributed by atoms with E-state index in [1.165, 1.54) is 0 Å². The van der Waals surface area contributed by atoms with E-state index in [9.17, 15) is 9.59 Å². The van der Waals surface area contributed by atoms with Crippen LogP contribution in [0, 0.1) is 5.41 Å². The molecule has 2 aromatic rings. The smallest absolute Gasteiger partial charge is 0.251 e. The molecule has 1 saturated heterocycles. The van der Waals surface area contributed by atoms with Gasteiger partial charge in [-0.2, -0.15) is 0 Å². The first-order valence-electron chi connectivity index (χ1n) is 10.7. The lowest BCUT2D eigenvalue weighted by atomic mass is 9.94. The molecule has 0 aliphatic carbocycles. The second-order valence-electron chi connectivity index (χ2n) is 9.07. The molecule has 1 aliphatic heterocycles. The van der Waals surface area contributed by atoms with Crippen LogP contribution in [0.15, 0.2) is 48.5 Å². The van der Waals surface area contributed by atoms with Gasteiger partial charge in [0.15, 0.2) is 6.10 Å². The second kappa shape index (κ2) is 10.0. The third-order valence-corrected chi connectivity index (χ3v) is 5.36. The Labute approximate surface area is 189 Å². The summed E-state index contributed by atoms with van der Waals surface area (Å²) in [6.45, 7) is 6.78. The van der Waals surface area contributed by atoms with Gasteiger partial charge >= 0.3 is 0 Å². The van der Waals surface area contributed by atoms with Crippen LogP contribution in [-0.2, 0) is 20.9 Å². The van der Waals surface area contributed by atoms with Crippen molar-refractivity contribution < 1.29 is 23.8 Å². The summed E-state index contributed by atoms with van der Waals surface area (Å²) in [5.74, 6) is 0.867. The summed E-state index contributed by atoms with van der Waals surface area (Å²) < 4.78 is 16.6. The fraction of sp³-hybridized carbons (Fsp3) is 0.440. The van der Waals surface area contributed by atoms with Crippen molar-refractivity contribution in [2.45, 2.75) is 39.5 Å². The molecule has 1 heterocycles. The van der Waals surface area contributed by atoms with Gasteiger partial charge in [-0.1, -0.05) is 51.1 Å². The molecule has 2 atom stereocenters. The monoisotopic (exact) mass is 440 g/mol. The van der Waals surface area contributed by atoms with Gasteiger partial charge in [-0.3, -0.25) is 9.59 Å². The first kappa shape index (κ1) is 23.6. The summed E-state index contributed by atoms with van der Waals surface area (Å²) in [6.07, 6.45) is -0.818. The van der Waals surface area contributed by atoms with E-state index in [2.05, 4.69) is 26.1 Å². The number of morpholine rings is 1. The van der Waals surface area contributed by atoms with Crippen molar-refractivity contribution in [1.82, 2.24) is 10.2 Å². The third-order valence-electron chi connectivity index (χ3n) is 5.36. The van der Waals surface area contributed by atoms with Crippen molar-refractivity contribution in [2.24, 2.45) is 5.41 Å². The van der Waals surface area contributed by atoms with E-state index in [1.807, 2.05) is 42.5 Å². The number of hydrogen-bond acceptors (Lipinski definition) is 5. The molecule has 0 spiro atoms. The predicted molar refractivity (Wildman–Crippen MR) is 121 cm³/mol. The highest BCUT2D eigenvalue weighted by molar-refractivity contribution is 5.86. The third kappa shape index (κ3) is 5.59. The first-order chi connectivity index (χ1) is 15.2. The maximum Gasteiger partial charge on any atom is 0.251 e. The zero-order chi connectivity index (χ0) is 23.3. The molecule has 0 aromatic heterocycles. The number of nitrogens with zero attached hydrogens (tertiary/aromatic N) is 1. The summed E-state index contributed by atoms with van der Waals surface area (Å²) in [4.78, 5) is 27.8. The molecule has 2 aromatic carbocycles.